The maximum Gasteiger partial charge on any atom is 0.255 e. The number of halogens is 2. The first kappa shape index (κ1) is 25.8. The third-order valence-electron chi connectivity index (χ3n) is 5.11. The molecule has 180 valence electrons. The third-order valence-corrected chi connectivity index (χ3v) is 5.66. The molecule has 0 aliphatic heterocycles. The monoisotopic (exact) mass is 500 g/mol. The third kappa shape index (κ3) is 6.39. The van der Waals surface area contributed by atoms with E-state index >= 15 is 0 Å². The van der Waals surface area contributed by atoms with Crippen molar-refractivity contribution in [1.82, 2.24) is 14.7 Å². The highest BCUT2D eigenvalue weighted by atomic mass is 35.5. The average Bonchev–Trinajstić information content (AvgIpc) is 3.17. The quantitative estimate of drug-likeness (QED) is 0.418. The Bertz CT molecular complexity index is 1170. The summed E-state index contributed by atoms with van der Waals surface area (Å²) in [5.41, 5.74) is 1.78. The van der Waals surface area contributed by atoms with E-state index < -0.39 is 0 Å². The van der Waals surface area contributed by atoms with Crippen LogP contribution in [-0.2, 0) is 10.2 Å². The van der Waals surface area contributed by atoms with E-state index in [0.29, 0.717) is 22.9 Å². The van der Waals surface area contributed by atoms with Crippen molar-refractivity contribution in [2.45, 2.75) is 40.0 Å². The lowest BCUT2D eigenvalue weighted by molar-refractivity contribution is -0.117. The topological polar surface area (TPSA) is 67.2 Å². The van der Waals surface area contributed by atoms with Gasteiger partial charge in [0.05, 0.1) is 22.0 Å². The molecule has 0 atom stereocenters. The normalized spacial score (nSPS) is 11.5. The van der Waals surface area contributed by atoms with Crippen molar-refractivity contribution in [3.05, 3.63) is 75.9 Å². The van der Waals surface area contributed by atoms with Gasteiger partial charge in [-0.1, -0.05) is 76.0 Å². The van der Waals surface area contributed by atoms with Gasteiger partial charge in [-0.15, -0.1) is 0 Å². The molecule has 0 unspecified atom stereocenters. The summed E-state index contributed by atoms with van der Waals surface area (Å²) in [6.45, 7) is 10.4. The van der Waals surface area contributed by atoms with Gasteiger partial charge in [-0.3, -0.25) is 9.59 Å². The number of aromatic nitrogens is 2. The molecule has 2 amide bonds. The summed E-state index contributed by atoms with van der Waals surface area (Å²) >= 11 is 12.2. The minimum Gasteiger partial charge on any atom is -0.329 e. The van der Waals surface area contributed by atoms with E-state index in [2.05, 4.69) is 26.1 Å². The van der Waals surface area contributed by atoms with E-state index in [-0.39, 0.29) is 34.7 Å². The highest BCUT2D eigenvalue weighted by Crippen LogP contribution is 2.27. The molecule has 1 N–H and O–H groups in total. The molecule has 0 bridgehead atoms. The number of para-hydroxylation sites is 1. The number of carbonyl (C=O) groups is 2. The Morgan fingerprint density at radius 3 is 2.32 bits per heavy atom. The molecule has 3 rings (SSSR count). The first-order valence-electron chi connectivity index (χ1n) is 11.2. The molecule has 0 spiro atoms. The number of carbonyl (C=O) groups excluding carboxylic acids is 2. The van der Waals surface area contributed by atoms with Crippen LogP contribution in [0.3, 0.4) is 0 Å². The van der Waals surface area contributed by atoms with Gasteiger partial charge in [0, 0.05) is 23.0 Å². The van der Waals surface area contributed by atoms with E-state index in [0.717, 1.165) is 11.4 Å². The summed E-state index contributed by atoms with van der Waals surface area (Å²) in [6.07, 6.45) is 0. The van der Waals surface area contributed by atoms with Gasteiger partial charge in [-0.05, 0) is 36.2 Å². The van der Waals surface area contributed by atoms with Crippen LogP contribution >= 0.6 is 23.2 Å². The van der Waals surface area contributed by atoms with Crippen LogP contribution in [0.1, 0.15) is 50.7 Å². The molecule has 6 nitrogen and oxygen atoms in total. The van der Waals surface area contributed by atoms with Crippen molar-refractivity contribution in [3.8, 4) is 5.69 Å². The molecule has 0 saturated carbocycles. The van der Waals surface area contributed by atoms with Crippen molar-refractivity contribution in [2.24, 2.45) is 5.92 Å². The van der Waals surface area contributed by atoms with Crippen LogP contribution in [0, 0.1) is 5.92 Å². The maximum atomic E-state index is 13.2. The zero-order chi connectivity index (χ0) is 25.0. The van der Waals surface area contributed by atoms with Crippen LogP contribution in [0.4, 0.5) is 5.82 Å². The number of hydrogen-bond acceptors (Lipinski definition) is 3. The largest absolute Gasteiger partial charge is 0.329 e. The zero-order valence-electron chi connectivity index (χ0n) is 20.1. The number of hydrogen-bond donors (Lipinski definition) is 1. The number of amides is 2. The van der Waals surface area contributed by atoms with Crippen molar-refractivity contribution in [2.75, 3.05) is 18.4 Å². The number of rotatable bonds is 7. The fraction of sp³-hybridized carbons (Fsp3) is 0.346. The Morgan fingerprint density at radius 2 is 1.74 bits per heavy atom. The van der Waals surface area contributed by atoms with E-state index in [1.807, 2.05) is 50.2 Å². The van der Waals surface area contributed by atoms with Crippen LogP contribution < -0.4 is 5.32 Å². The van der Waals surface area contributed by atoms with Gasteiger partial charge in [0.15, 0.2) is 0 Å². The van der Waals surface area contributed by atoms with E-state index in [1.54, 1.807) is 16.8 Å². The van der Waals surface area contributed by atoms with Gasteiger partial charge in [0.1, 0.15) is 12.4 Å². The molecule has 0 fully saturated rings. The predicted octanol–water partition coefficient (Wildman–Crippen LogP) is 6.21. The summed E-state index contributed by atoms with van der Waals surface area (Å²) in [5.74, 6) is 0.0573. The molecule has 1 aromatic heterocycles. The Hall–Kier alpha value is -2.83. The van der Waals surface area contributed by atoms with Gasteiger partial charge in [0.2, 0.25) is 5.91 Å². The molecule has 34 heavy (non-hydrogen) atoms. The van der Waals surface area contributed by atoms with Gasteiger partial charge in [-0.2, -0.15) is 5.10 Å². The first-order valence-corrected chi connectivity index (χ1v) is 11.9. The fourth-order valence-corrected chi connectivity index (χ4v) is 3.94. The summed E-state index contributed by atoms with van der Waals surface area (Å²) < 4.78 is 1.71. The smallest absolute Gasteiger partial charge is 0.255 e. The molecule has 8 heteroatoms. The van der Waals surface area contributed by atoms with Crippen molar-refractivity contribution >= 4 is 40.8 Å². The summed E-state index contributed by atoms with van der Waals surface area (Å²) in [7, 11) is 0. The van der Waals surface area contributed by atoms with Crippen LogP contribution in [0.5, 0.6) is 0 Å². The van der Waals surface area contributed by atoms with Gasteiger partial charge in [0.25, 0.3) is 5.91 Å². The highest BCUT2D eigenvalue weighted by molar-refractivity contribution is 6.36. The number of benzene rings is 2. The van der Waals surface area contributed by atoms with E-state index in [1.165, 1.54) is 11.0 Å². The second kappa shape index (κ2) is 10.6. The Morgan fingerprint density at radius 1 is 1.06 bits per heavy atom. The molecule has 1 heterocycles. The number of nitrogens with zero attached hydrogens (tertiary/aromatic N) is 3. The van der Waals surface area contributed by atoms with Crippen molar-refractivity contribution in [3.63, 3.8) is 0 Å². The van der Waals surface area contributed by atoms with Gasteiger partial charge in [-0.25, -0.2) is 4.68 Å². The van der Waals surface area contributed by atoms with Crippen LogP contribution in [0.15, 0.2) is 54.6 Å². The molecule has 0 aliphatic rings. The first-order chi connectivity index (χ1) is 16.0. The van der Waals surface area contributed by atoms with Crippen LogP contribution in [0.25, 0.3) is 5.69 Å². The summed E-state index contributed by atoms with van der Waals surface area (Å²) in [6, 6.07) is 16.2. The summed E-state index contributed by atoms with van der Waals surface area (Å²) in [4.78, 5) is 27.8. The summed E-state index contributed by atoms with van der Waals surface area (Å²) in [5, 5.41) is 8.37. The van der Waals surface area contributed by atoms with Crippen LogP contribution in [-0.4, -0.2) is 39.6 Å². The van der Waals surface area contributed by atoms with E-state index in [9.17, 15) is 9.59 Å². The Kier molecular flexibility index (Phi) is 8.05. The molecular weight excluding hydrogens is 471 g/mol. The molecule has 3 aromatic rings. The SMILES string of the molecule is CC(C)CN(CC(=O)Nc1cc(C(C)(C)C)nn1-c1ccccc1)C(=O)c1ccc(Cl)cc1Cl. The van der Waals surface area contributed by atoms with Gasteiger partial charge < -0.3 is 10.2 Å². The number of nitrogens with one attached hydrogen (secondary N) is 1. The highest BCUT2D eigenvalue weighted by Gasteiger charge is 2.25. The standard InChI is InChI=1S/C26H30Cl2N4O2/c1-17(2)15-31(25(34)20-12-11-18(27)13-21(20)28)16-24(33)29-23-14-22(26(3,4)5)30-32(23)19-9-7-6-8-10-19/h6-14,17H,15-16H2,1-5H3,(H,29,33). The van der Waals surface area contributed by atoms with Crippen molar-refractivity contribution in [1.29, 1.82) is 0 Å². The minimum atomic E-state index is -0.323. The van der Waals surface area contributed by atoms with Crippen molar-refractivity contribution < 1.29 is 9.59 Å². The number of anilines is 1. The maximum absolute atomic E-state index is 13.2. The predicted molar refractivity (Wildman–Crippen MR) is 138 cm³/mol. The lowest BCUT2D eigenvalue weighted by Gasteiger charge is -2.24. The second-order valence-corrected chi connectivity index (χ2v) is 10.5. The molecule has 2 aromatic carbocycles. The Labute approximate surface area is 210 Å². The molecule has 0 aliphatic carbocycles. The average molecular weight is 501 g/mol. The van der Waals surface area contributed by atoms with Gasteiger partial charge >= 0.3 is 0 Å². The lowest BCUT2D eigenvalue weighted by Crippen LogP contribution is -2.40. The second-order valence-electron chi connectivity index (χ2n) is 9.66. The minimum absolute atomic E-state index is 0.124. The van der Waals surface area contributed by atoms with E-state index in [4.69, 9.17) is 28.3 Å². The molecule has 0 saturated heterocycles. The van der Waals surface area contributed by atoms with Crippen LogP contribution in [0.2, 0.25) is 10.0 Å². The Balaban J connectivity index is 1.87. The molecular formula is C26H30Cl2N4O2. The lowest BCUT2D eigenvalue weighted by atomic mass is 9.92. The molecule has 0 radical (unpaired) electrons. The zero-order valence-corrected chi connectivity index (χ0v) is 21.6. The fourth-order valence-electron chi connectivity index (χ4n) is 3.45.